The van der Waals surface area contributed by atoms with Crippen molar-refractivity contribution >= 4 is 23.2 Å². The van der Waals surface area contributed by atoms with E-state index in [4.69, 9.17) is 4.74 Å². The Morgan fingerprint density at radius 1 is 1.06 bits per heavy atom. The molecular formula is C22H18N4O6. The number of hydrogen-bond acceptors (Lipinski definition) is 7. The molecule has 1 aliphatic rings. The molecule has 0 amide bonds. The molecule has 3 N–H and O–H groups in total. The molecule has 1 atom stereocenters. The minimum absolute atomic E-state index is 0.103. The lowest BCUT2D eigenvalue weighted by Crippen LogP contribution is -2.35. The lowest BCUT2D eigenvalue weighted by Gasteiger charge is -2.30. The van der Waals surface area contributed by atoms with Crippen molar-refractivity contribution in [1.82, 2.24) is 9.97 Å². The van der Waals surface area contributed by atoms with Gasteiger partial charge in [0.25, 0.3) is 11.2 Å². The fourth-order valence-corrected chi connectivity index (χ4v) is 3.74. The minimum atomic E-state index is -0.850. The van der Waals surface area contributed by atoms with E-state index in [2.05, 4.69) is 15.3 Å². The van der Waals surface area contributed by atoms with Crippen LogP contribution in [0.3, 0.4) is 0 Å². The van der Waals surface area contributed by atoms with Gasteiger partial charge in [-0.15, -0.1) is 0 Å². The first-order valence-corrected chi connectivity index (χ1v) is 9.75. The number of ether oxygens (including phenoxy) is 1. The summed E-state index contributed by atoms with van der Waals surface area (Å²) in [5, 5.41) is 14.0. The molecule has 0 aliphatic carbocycles. The zero-order chi connectivity index (χ0) is 22.8. The second-order valence-corrected chi connectivity index (χ2v) is 6.98. The zero-order valence-electron chi connectivity index (χ0n) is 16.9. The topological polar surface area (TPSA) is 147 Å². The highest BCUT2D eigenvalue weighted by molar-refractivity contribution is 6.04. The van der Waals surface area contributed by atoms with Crippen molar-refractivity contribution in [2.45, 2.75) is 12.8 Å². The Morgan fingerprint density at radius 2 is 1.75 bits per heavy atom. The number of aromatic nitrogens is 2. The molecular weight excluding hydrogens is 416 g/mol. The van der Waals surface area contributed by atoms with E-state index in [1.54, 1.807) is 37.3 Å². The standard InChI is InChI=1S/C22H18N4O6/c1-2-32-21(28)16-15(12-6-4-3-5-7-12)17-19(24-22(29)25-20(17)27)23-18(16)13-8-10-14(11-9-13)26(30)31/h3-11,15H,2H2,1H3,(H3,23,24,25,27,29). The quantitative estimate of drug-likeness (QED) is 0.317. The molecule has 0 saturated heterocycles. The molecule has 162 valence electrons. The Hall–Kier alpha value is -4.47. The second-order valence-electron chi connectivity index (χ2n) is 6.98. The van der Waals surface area contributed by atoms with Gasteiger partial charge >= 0.3 is 11.7 Å². The van der Waals surface area contributed by atoms with E-state index >= 15 is 0 Å². The summed E-state index contributed by atoms with van der Waals surface area (Å²) in [4.78, 5) is 53.2. The van der Waals surface area contributed by atoms with Crippen LogP contribution in [0.4, 0.5) is 11.5 Å². The average Bonchev–Trinajstić information content (AvgIpc) is 2.78. The molecule has 0 radical (unpaired) electrons. The van der Waals surface area contributed by atoms with Gasteiger partial charge in [-0.05, 0) is 30.2 Å². The van der Waals surface area contributed by atoms with Gasteiger partial charge in [0, 0.05) is 12.1 Å². The van der Waals surface area contributed by atoms with Gasteiger partial charge in [-0.3, -0.25) is 24.9 Å². The van der Waals surface area contributed by atoms with Crippen molar-refractivity contribution < 1.29 is 14.5 Å². The minimum Gasteiger partial charge on any atom is -0.463 e. The third-order valence-electron chi connectivity index (χ3n) is 5.07. The predicted octanol–water partition coefficient (Wildman–Crippen LogP) is 2.50. The van der Waals surface area contributed by atoms with Crippen molar-refractivity contribution in [3.05, 3.63) is 108 Å². The van der Waals surface area contributed by atoms with Crippen LogP contribution in [0.1, 0.15) is 29.5 Å². The number of carbonyl (C=O) groups is 1. The number of fused-ring (bicyclic) bond motifs is 1. The van der Waals surface area contributed by atoms with Gasteiger partial charge in [0.2, 0.25) is 0 Å². The van der Waals surface area contributed by atoms with E-state index in [9.17, 15) is 24.5 Å². The maximum atomic E-state index is 13.1. The van der Waals surface area contributed by atoms with E-state index < -0.39 is 28.1 Å². The number of carbonyl (C=O) groups excluding carboxylic acids is 1. The van der Waals surface area contributed by atoms with E-state index in [0.29, 0.717) is 11.1 Å². The fraction of sp³-hybridized carbons (Fsp3) is 0.136. The second kappa shape index (κ2) is 8.34. The van der Waals surface area contributed by atoms with Crippen molar-refractivity contribution in [1.29, 1.82) is 0 Å². The van der Waals surface area contributed by atoms with Crippen LogP contribution in [0.2, 0.25) is 0 Å². The predicted molar refractivity (Wildman–Crippen MR) is 116 cm³/mol. The molecule has 10 nitrogen and oxygen atoms in total. The number of nitro benzene ring substituents is 1. The number of nitrogens with zero attached hydrogens (tertiary/aromatic N) is 1. The van der Waals surface area contributed by atoms with Gasteiger partial charge in [-0.25, -0.2) is 9.59 Å². The Labute approximate surface area is 180 Å². The van der Waals surface area contributed by atoms with Gasteiger partial charge in [0.15, 0.2) is 0 Å². The molecule has 10 heteroatoms. The van der Waals surface area contributed by atoms with E-state index in [-0.39, 0.29) is 34.9 Å². The summed E-state index contributed by atoms with van der Waals surface area (Å²) >= 11 is 0. The molecule has 1 aromatic heterocycles. The lowest BCUT2D eigenvalue weighted by molar-refractivity contribution is -0.384. The van der Waals surface area contributed by atoms with Crippen LogP contribution < -0.4 is 16.6 Å². The lowest BCUT2D eigenvalue weighted by atomic mass is 9.81. The Bertz CT molecular complexity index is 1340. The van der Waals surface area contributed by atoms with Crippen LogP contribution in [0, 0.1) is 10.1 Å². The first kappa shape index (κ1) is 20.8. The van der Waals surface area contributed by atoms with E-state index in [1.165, 1.54) is 24.3 Å². The van der Waals surface area contributed by atoms with Crippen LogP contribution in [0.15, 0.2) is 69.8 Å². The highest BCUT2D eigenvalue weighted by Gasteiger charge is 2.37. The van der Waals surface area contributed by atoms with Crippen molar-refractivity contribution in [3.8, 4) is 0 Å². The van der Waals surface area contributed by atoms with Crippen molar-refractivity contribution in [2.75, 3.05) is 11.9 Å². The molecule has 0 spiro atoms. The molecule has 0 fully saturated rings. The maximum Gasteiger partial charge on any atom is 0.337 e. The van der Waals surface area contributed by atoms with Gasteiger partial charge in [-0.1, -0.05) is 30.3 Å². The number of non-ortho nitro benzene ring substituents is 1. The van der Waals surface area contributed by atoms with Crippen molar-refractivity contribution in [2.24, 2.45) is 0 Å². The molecule has 2 aromatic carbocycles. The number of nitro groups is 1. The van der Waals surface area contributed by atoms with Crippen LogP contribution in [0.25, 0.3) is 5.70 Å². The van der Waals surface area contributed by atoms with Crippen molar-refractivity contribution in [3.63, 3.8) is 0 Å². The van der Waals surface area contributed by atoms with Crippen LogP contribution >= 0.6 is 0 Å². The summed E-state index contributed by atoms with van der Waals surface area (Å²) in [5.74, 6) is -1.37. The van der Waals surface area contributed by atoms with Gasteiger partial charge in [-0.2, -0.15) is 0 Å². The third kappa shape index (κ3) is 3.69. The molecule has 4 rings (SSSR count). The number of rotatable bonds is 5. The monoisotopic (exact) mass is 434 g/mol. The summed E-state index contributed by atoms with van der Waals surface area (Å²) in [6, 6.07) is 14.4. The smallest absolute Gasteiger partial charge is 0.337 e. The Kier molecular flexibility index (Phi) is 5.42. The molecule has 2 heterocycles. The normalized spacial score (nSPS) is 15.0. The maximum absolute atomic E-state index is 13.1. The van der Waals surface area contributed by atoms with E-state index in [0.717, 1.165) is 0 Å². The summed E-state index contributed by atoms with van der Waals surface area (Å²) in [5.41, 5.74) is 0.196. The number of H-pyrrole nitrogens is 2. The van der Waals surface area contributed by atoms with Crippen LogP contribution in [-0.4, -0.2) is 27.5 Å². The number of esters is 1. The number of benzene rings is 2. The summed E-state index contributed by atoms with van der Waals surface area (Å²) in [6.07, 6.45) is 0. The number of aromatic amines is 2. The zero-order valence-corrected chi connectivity index (χ0v) is 16.9. The highest BCUT2D eigenvalue weighted by atomic mass is 16.6. The average molecular weight is 434 g/mol. The molecule has 3 aromatic rings. The Morgan fingerprint density at radius 3 is 2.38 bits per heavy atom. The SMILES string of the molecule is CCOC(=O)C1=C(c2ccc([N+](=O)[O-])cc2)Nc2[nH]c(=O)[nH]c(=O)c2C1c1ccccc1. The molecule has 0 saturated carbocycles. The van der Waals surface area contributed by atoms with Crippen LogP contribution in [0.5, 0.6) is 0 Å². The number of nitrogens with one attached hydrogen (secondary N) is 3. The molecule has 32 heavy (non-hydrogen) atoms. The van der Waals surface area contributed by atoms with E-state index in [1.807, 2.05) is 0 Å². The largest absolute Gasteiger partial charge is 0.463 e. The van der Waals surface area contributed by atoms with Gasteiger partial charge in [0.05, 0.1) is 34.3 Å². The number of anilines is 1. The molecule has 1 unspecified atom stereocenters. The number of hydrogen-bond donors (Lipinski definition) is 3. The third-order valence-corrected chi connectivity index (χ3v) is 5.07. The summed E-state index contributed by atoms with van der Waals surface area (Å²) in [6.45, 7) is 1.77. The molecule has 1 aliphatic heterocycles. The Balaban J connectivity index is 2.03. The highest BCUT2D eigenvalue weighted by Crippen LogP contribution is 2.42. The van der Waals surface area contributed by atoms with Crippen LogP contribution in [-0.2, 0) is 9.53 Å². The summed E-state index contributed by atoms with van der Waals surface area (Å²) < 4.78 is 5.30. The van der Waals surface area contributed by atoms with Gasteiger partial charge in [0.1, 0.15) is 5.82 Å². The van der Waals surface area contributed by atoms with Gasteiger partial charge < -0.3 is 10.1 Å². The first-order chi connectivity index (χ1) is 15.4. The first-order valence-electron chi connectivity index (χ1n) is 9.75. The summed E-state index contributed by atoms with van der Waals surface area (Å²) in [7, 11) is 0. The molecule has 0 bridgehead atoms. The fourth-order valence-electron chi connectivity index (χ4n) is 3.74.